The van der Waals surface area contributed by atoms with E-state index in [0.29, 0.717) is 12.4 Å². The topological polar surface area (TPSA) is 26.3 Å². The van der Waals surface area contributed by atoms with Gasteiger partial charge in [0.15, 0.2) is 0 Å². The second-order valence-electron chi connectivity index (χ2n) is 2.67. The second kappa shape index (κ2) is 6.29. The third-order valence-electron chi connectivity index (χ3n) is 1.67. The molecule has 0 aromatic carbocycles. The van der Waals surface area contributed by atoms with Crippen LogP contribution in [-0.4, -0.2) is 29.4 Å². The minimum absolute atomic E-state index is 0.594. The molecule has 1 rings (SSSR count). The molecule has 4 heteroatoms. The Balaban J connectivity index is 2.15. The zero-order chi connectivity index (χ0) is 9.52. The number of hydrogen-bond donors (Lipinski definition) is 0. The SMILES string of the molecule is COCCS(=O)CCc1cccs1. The first kappa shape index (κ1) is 10.9. The maximum absolute atomic E-state index is 11.3. The molecule has 0 radical (unpaired) electrons. The van der Waals surface area contributed by atoms with Gasteiger partial charge in [-0.05, 0) is 17.9 Å². The van der Waals surface area contributed by atoms with E-state index in [-0.39, 0.29) is 0 Å². The highest BCUT2D eigenvalue weighted by atomic mass is 32.2. The molecule has 0 bridgehead atoms. The van der Waals surface area contributed by atoms with Gasteiger partial charge in [0.25, 0.3) is 0 Å². The molecule has 2 nitrogen and oxygen atoms in total. The fourth-order valence-corrected chi connectivity index (χ4v) is 2.79. The number of rotatable bonds is 6. The van der Waals surface area contributed by atoms with E-state index < -0.39 is 10.8 Å². The van der Waals surface area contributed by atoms with E-state index in [2.05, 4.69) is 6.07 Å². The number of thiophene rings is 1. The molecule has 0 saturated heterocycles. The van der Waals surface area contributed by atoms with Gasteiger partial charge in [-0.3, -0.25) is 4.21 Å². The number of methoxy groups -OCH3 is 1. The molecule has 1 aromatic heterocycles. The Morgan fingerprint density at radius 1 is 1.54 bits per heavy atom. The first-order chi connectivity index (χ1) is 6.33. The summed E-state index contributed by atoms with van der Waals surface area (Å²) in [5, 5.41) is 2.05. The van der Waals surface area contributed by atoms with Crippen molar-refractivity contribution in [1.82, 2.24) is 0 Å². The molecule has 1 aromatic rings. The lowest BCUT2D eigenvalue weighted by Crippen LogP contribution is -2.08. The van der Waals surface area contributed by atoms with Crippen molar-refractivity contribution in [3.8, 4) is 0 Å². The summed E-state index contributed by atoms with van der Waals surface area (Å²) in [6.07, 6.45) is 0.925. The van der Waals surface area contributed by atoms with Crippen LogP contribution in [0, 0.1) is 0 Å². The highest BCUT2D eigenvalue weighted by molar-refractivity contribution is 7.85. The fraction of sp³-hybridized carbons (Fsp3) is 0.556. The van der Waals surface area contributed by atoms with Crippen molar-refractivity contribution in [3.05, 3.63) is 22.4 Å². The summed E-state index contributed by atoms with van der Waals surface area (Å²) in [6.45, 7) is 0.594. The first-order valence-electron chi connectivity index (χ1n) is 4.19. The van der Waals surface area contributed by atoms with Gasteiger partial charge in [0.1, 0.15) is 0 Å². The Morgan fingerprint density at radius 3 is 3.00 bits per heavy atom. The van der Waals surface area contributed by atoms with Crippen LogP contribution in [0.1, 0.15) is 4.88 Å². The Bertz CT molecular complexity index is 244. The molecule has 0 spiro atoms. The minimum atomic E-state index is -0.723. The van der Waals surface area contributed by atoms with Gasteiger partial charge in [-0.1, -0.05) is 6.07 Å². The normalized spacial score (nSPS) is 13.0. The van der Waals surface area contributed by atoms with Crippen LogP contribution in [0.4, 0.5) is 0 Å². The fourth-order valence-electron chi connectivity index (χ4n) is 0.948. The Hall–Kier alpha value is -0.190. The zero-order valence-corrected chi connectivity index (χ0v) is 9.33. The lowest BCUT2D eigenvalue weighted by Gasteiger charge is -1.99. The molecule has 0 amide bonds. The molecule has 74 valence electrons. The Kier molecular flexibility index (Phi) is 5.27. The van der Waals surface area contributed by atoms with Crippen molar-refractivity contribution in [2.75, 3.05) is 25.2 Å². The largest absolute Gasteiger partial charge is 0.384 e. The van der Waals surface area contributed by atoms with Gasteiger partial charge in [-0.25, -0.2) is 0 Å². The van der Waals surface area contributed by atoms with Crippen LogP contribution in [0.25, 0.3) is 0 Å². The molecule has 0 fully saturated rings. The third-order valence-corrected chi connectivity index (χ3v) is 3.89. The molecule has 0 saturated carbocycles. The van der Waals surface area contributed by atoms with Crippen molar-refractivity contribution < 1.29 is 8.95 Å². The summed E-state index contributed by atoms with van der Waals surface area (Å²) in [4.78, 5) is 1.31. The third kappa shape index (κ3) is 4.55. The predicted molar refractivity (Wildman–Crippen MR) is 57.8 cm³/mol. The molecule has 0 aliphatic heterocycles. The van der Waals surface area contributed by atoms with Gasteiger partial charge in [0.05, 0.1) is 6.61 Å². The Morgan fingerprint density at radius 2 is 2.38 bits per heavy atom. The summed E-state index contributed by atoms with van der Waals surface area (Å²) in [7, 11) is 0.913. The first-order valence-corrected chi connectivity index (χ1v) is 6.56. The quantitative estimate of drug-likeness (QED) is 0.726. The minimum Gasteiger partial charge on any atom is -0.384 e. The van der Waals surface area contributed by atoms with Crippen molar-refractivity contribution in [1.29, 1.82) is 0 Å². The summed E-state index contributed by atoms with van der Waals surface area (Å²) in [5.41, 5.74) is 0. The van der Waals surface area contributed by atoms with E-state index in [4.69, 9.17) is 4.74 Å². The molecule has 0 N–H and O–H groups in total. The predicted octanol–water partition coefficient (Wildman–Crippen LogP) is 1.69. The van der Waals surface area contributed by atoms with Crippen LogP contribution in [0.15, 0.2) is 17.5 Å². The van der Waals surface area contributed by atoms with Gasteiger partial charge in [0.2, 0.25) is 0 Å². The van der Waals surface area contributed by atoms with E-state index >= 15 is 0 Å². The van der Waals surface area contributed by atoms with Gasteiger partial charge in [0, 0.05) is 34.3 Å². The standard InChI is InChI=1S/C9H14O2S2/c1-11-5-8-13(10)7-4-9-3-2-6-12-9/h2-3,6H,4-5,7-8H2,1H3. The number of hydrogen-bond acceptors (Lipinski definition) is 3. The van der Waals surface area contributed by atoms with E-state index in [1.807, 2.05) is 11.4 Å². The Labute approximate surface area is 85.4 Å². The van der Waals surface area contributed by atoms with Gasteiger partial charge < -0.3 is 4.74 Å². The van der Waals surface area contributed by atoms with Crippen LogP contribution in [0.3, 0.4) is 0 Å². The van der Waals surface area contributed by atoms with E-state index in [9.17, 15) is 4.21 Å². The molecular formula is C9H14O2S2. The summed E-state index contributed by atoms with van der Waals surface area (Å²) in [5.74, 6) is 1.41. The highest BCUT2D eigenvalue weighted by Crippen LogP contribution is 2.09. The van der Waals surface area contributed by atoms with Gasteiger partial charge >= 0.3 is 0 Å². The van der Waals surface area contributed by atoms with Crippen molar-refractivity contribution in [2.24, 2.45) is 0 Å². The molecule has 1 heterocycles. The van der Waals surface area contributed by atoms with Crippen LogP contribution in [-0.2, 0) is 22.0 Å². The van der Waals surface area contributed by atoms with E-state index in [1.54, 1.807) is 18.4 Å². The maximum Gasteiger partial charge on any atom is 0.0577 e. The molecule has 1 atom stereocenters. The second-order valence-corrected chi connectivity index (χ2v) is 5.40. The molecule has 0 aliphatic carbocycles. The summed E-state index contributed by atoms with van der Waals surface area (Å²) >= 11 is 1.72. The van der Waals surface area contributed by atoms with Gasteiger partial charge in [-0.15, -0.1) is 11.3 Å². The maximum atomic E-state index is 11.3. The highest BCUT2D eigenvalue weighted by Gasteiger charge is 2.00. The monoisotopic (exact) mass is 218 g/mol. The number of ether oxygens (including phenoxy) is 1. The summed E-state index contributed by atoms with van der Waals surface area (Å²) in [6, 6.07) is 4.11. The van der Waals surface area contributed by atoms with Crippen LogP contribution >= 0.6 is 11.3 Å². The van der Waals surface area contributed by atoms with Crippen LogP contribution in [0.2, 0.25) is 0 Å². The molecule has 1 unspecified atom stereocenters. The molecule has 0 aliphatic rings. The summed E-state index contributed by atoms with van der Waals surface area (Å²) < 4.78 is 16.2. The van der Waals surface area contributed by atoms with E-state index in [0.717, 1.165) is 12.2 Å². The zero-order valence-electron chi connectivity index (χ0n) is 7.69. The smallest absolute Gasteiger partial charge is 0.0577 e. The average molecular weight is 218 g/mol. The number of aryl methyl sites for hydroxylation is 1. The molecule has 13 heavy (non-hydrogen) atoms. The van der Waals surface area contributed by atoms with Crippen LogP contribution in [0.5, 0.6) is 0 Å². The van der Waals surface area contributed by atoms with E-state index in [1.165, 1.54) is 4.88 Å². The van der Waals surface area contributed by atoms with Crippen LogP contribution < -0.4 is 0 Å². The van der Waals surface area contributed by atoms with Crippen molar-refractivity contribution in [2.45, 2.75) is 6.42 Å². The van der Waals surface area contributed by atoms with Gasteiger partial charge in [-0.2, -0.15) is 0 Å². The average Bonchev–Trinajstić information content (AvgIpc) is 2.64. The molecular weight excluding hydrogens is 204 g/mol. The van der Waals surface area contributed by atoms with Crippen molar-refractivity contribution in [3.63, 3.8) is 0 Å². The lowest BCUT2D eigenvalue weighted by molar-refractivity contribution is 0.218. The lowest BCUT2D eigenvalue weighted by atomic mass is 10.4. The van der Waals surface area contributed by atoms with Crippen molar-refractivity contribution >= 4 is 22.1 Å².